The number of sulfonamides is 1. The van der Waals surface area contributed by atoms with Crippen LogP contribution in [0.15, 0.2) is 23.1 Å². The molecule has 4 N–H and O–H groups in total. The summed E-state index contributed by atoms with van der Waals surface area (Å²) in [5.41, 5.74) is 1.02. The Morgan fingerprint density at radius 1 is 1.38 bits per heavy atom. The Kier molecular flexibility index (Phi) is 7.62. The lowest BCUT2D eigenvalue weighted by molar-refractivity contribution is 0.0926. The number of carbonyl (C=O) groups is 1. The third-order valence-corrected chi connectivity index (χ3v) is 5.47. The topological polar surface area (TPSA) is 108 Å². The van der Waals surface area contributed by atoms with E-state index in [2.05, 4.69) is 15.4 Å². The first kappa shape index (κ1) is 20.9. The fraction of sp³-hybridized carbons (Fsp3) is 0.533. The van der Waals surface area contributed by atoms with E-state index in [9.17, 15) is 18.3 Å². The van der Waals surface area contributed by atoms with Crippen LogP contribution in [0.1, 0.15) is 22.8 Å². The first-order valence-electron chi connectivity index (χ1n) is 7.62. The number of nitrogens with one attached hydrogen (secondary N) is 3. The van der Waals surface area contributed by atoms with Crippen LogP contribution in [0.3, 0.4) is 0 Å². The van der Waals surface area contributed by atoms with Crippen molar-refractivity contribution < 1.29 is 18.3 Å². The first-order valence-corrected chi connectivity index (χ1v) is 9.10. The van der Waals surface area contributed by atoms with Crippen molar-refractivity contribution in [1.82, 2.24) is 15.4 Å². The zero-order valence-corrected chi connectivity index (χ0v) is 15.3. The van der Waals surface area contributed by atoms with E-state index in [-0.39, 0.29) is 35.7 Å². The number of aliphatic hydroxyl groups excluding tert-OH is 1. The van der Waals surface area contributed by atoms with Crippen molar-refractivity contribution in [1.29, 1.82) is 0 Å². The number of amides is 1. The quantitative estimate of drug-likeness (QED) is 0.559. The maximum Gasteiger partial charge on any atom is 0.251 e. The summed E-state index contributed by atoms with van der Waals surface area (Å²) in [6, 6.07) is 4.48. The van der Waals surface area contributed by atoms with Gasteiger partial charge in [0.25, 0.3) is 5.91 Å². The minimum absolute atomic E-state index is 0. The number of halogens is 1. The van der Waals surface area contributed by atoms with E-state index < -0.39 is 16.1 Å². The third kappa shape index (κ3) is 4.90. The van der Waals surface area contributed by atoms with Crippen molar-refractivity contribution in [2.24, 2.45) is 5.92 Å². The summed E-state index contributed by atoms with van der Waals surface area (Å²) >= 11 is 0. The lowest BCUT2D eigenvalue weighted by Crippen LogP contribution is -2.34. The molecule has 9 heteroatoms. The third-order valence-electron chi connectivity index (χ3n) is 3.93. The number of aryl methyl sites for hydroxylation is 1. The van der Waals surface area contributed by atoms with Gasteiger partial charge in [-0.15, -0.1) is 12.4 Å². The number of hydrogen-bond acceptors (Lipinski definition) is 5. The Hall–Kier alpha value is -1.19. The van der Waals surface area contributed by atoms with Gasteiger partial charge in [0.05, 0.1) is 11.0 Å². The van der Waals surface area contributed by atoms with Crippen LogP contribution in [0.5, 0.6) is 0 Å². The molecule has 1 saturated heterocycles. The predicted molar refractivity (Wildman–Crippen MR) is 94.0 cm³/mol. The summed E-state index contributed by atoms with van der Waals surface area (Å²) < 4.78 is 26.5. The highest BCUT2D eigenvalue weighted by molar-refractivity contribution is 7.89. The molecule has 1 aromatic rings. The lowest BCUT2D eigenvalue weighted by Gasteiger charge is -2.15. The number of β-amino-alcohol motifs (C(OH)–C–C–N with tert-alkyl or cyclic N) is 1. The highest BCUT2D eigenvalue weighted by Crippen LogP contribution is 2.16. The molecule has 0 saturated carbocycles. The average Bonchev–Trinajstić information content (AvgIpc) is 2.90. The van der Waals surface area contributed by atoms with Gasteiger partial charge in [-0.05, 0) is 24.6 Å². The van der Waals surface area contributed by atoms with Gasteiger partial charge in [0.15, 0.2) is 0 Å². The molecule has 1 amide bonds. The molecule has 0 aromatic heterocycles. The van der Waals surface area contributed by atoms with Gasteiger partial charge < -0.3 is 15.7 Å². The largest absolute Gasteiger partial charge is 0.391 e. The maximum atomic E-state index is 12.3. The molecule has 1 aromatic carbocycles. The number of carbonyl (C=O) groups excluding carboxylic acids is 1. The Bertz CT molecular complexity index is 681. The van der Waals surface area contributed by atoms with Gasteiger partial charge in [-0.3, -0.25) is 4.79 Å². The van der Waals surface area contributed by atoms with Crippen molar-refractivity contribution >= 4 is 28.3 Å². The predicted octanol–water partition coefficient (Wildman–Crippen LogP) is 0.0251. The molecule has 0 aliphatic carbocycles. The second-order valence-electron chi connectivity index (χ2n) is 5.67. The Balaban J connectivity index is 0.00000288. The molecule has 24 heavy (non-hydrogen) atoms. The van der Waals surface area contributed by atoms with E-state index in [4.69, 9.17) is 0 Å². The van der Waals surface area contributed by atoms with E-state index in [0.717, 1.165) is 0 Å². The summed E-state index contributed by atoms with van der Waals surface area (Å²) in [7, 11) is -3.60. The van der Waals surface area contributed by atoms with E-state index in [1.165, 1.54) is 12.1 Å². The summed E-state index contributed by atoms with van der Waals surface area (Å²) in [5, 5.41) is 15.6. The number of rotatable bonds is 6. The summed E-state index contributed by atoms with van der Waals surface area (Å²) in [6.45, 7) is 5.25. The summed E-state index contributed by atoms with van der Waals surface area (Å²) in [4.78, 5) is 12.4. The molecular formula is C15H24ClN3O4S. The van der Waals surface area contributed by atoms with Crippen LogP contribution in [0.25, 0.3) is 0 Å². The van der Waals surface area contributed by atoms with Crippen LogP contribution in [-0.2, 0) is 10.0 Å². The second-order valence-corrected chi connectivity index (χ2v) is 7.44. The van der Waals surface area contributed by atoms with Crippen molar-refractivity contribution in [3.05, 3.63) is 29.3 Å². The van der Waals surface area contributed by atoms with Gasteiger partial charge in [-0.25, -0.2) is 13.1 Å². The van der Waals surface area contributed by atoms with Crippen LogP contribution in [0.2, 0.25) is 0 Å². The number of aliphatic hydroxyl groups is 1. The molecule has 1 heterocycles. The van der Waals surface area contributed by atoms with E-state index >= 15 is 0 Å². The fourth-order valence-corrected chi connectivity index (χ4v) is 3.60. The van der Waals surface area contributed by atoms with E-state index in [1.54, 1.807) is 19.9 Å². The van der Waals surface area contributed by atoms with Crippen LogP contribution < -0.4 is 15.4 Å². The monoisotopic (exact) mass is 377 g/mol. The standard InChI is InChI=1S/C15H23N3O4S.ClH/c1-3-18-23(21,22)12-5-4-10(2)13(6-12)15(20)17-8-11-7-16-9-14(11)19;/h4-6,11,14,16,18-19H,3,7-9H2,1-2H3,(H,17,20);1H. The normalized spacial score (nSPS) is 20.5. The van der Waals surface area contributed by atoms with Gasteiger partial charge in [0.1, 0.15) is 0 Å². The molecule has 1 aliphatic heterocycles. The Morgan fingerprint density at radius 2 is 2.08 bits per heavy atom. The minimum atomic E-state index is -3.60. The molecule has 136 valence electrons. The molecule has 2 unspecified atom stereocenters. The average molecular weight is 378 g/mol. The molecule has 0 bridgehead atoms. The maximum absolute atomic E-state index is 12.3. The fourth-order valence-electron chi connectivity index (χ4n) is 2.53. The summed E-state index contributed by atoms with van der Waals surface area (Å²) in [6.07, 6.45) is -0.475. The van der Waals surface area contributed by atoms with Crippen molar-refractivity contribution in [2.75, 3.05) is 26.2 Å². The van der Waals surface area contributed by atoms with Crippen molar-refractivity contribution in [2.45, 2.75) is 24.8 Å². The van der Waals surface area contributed by atoms with Gasteiger partial charge in [0.2, 0.25) is 10.0 Å². The Morgan fingerprint density at radius 3 is 2.67 bits per heavy atom. The second kappa shape index (κ2) is 8.77. The molecule has 1 aliphatic rings. The van der Waals surface area contributed by atoms with Gasteiger partial charge in [-0.1, -0.05) is 13.0 Å². The smallest absolute Gasteiger partial charge is 0.251 e. The molecular weight excluding hydrogens is 354 g/mol. The zero-order valence-electron chi connectivity index (χ0n) is 13.7. The number of benzene rings is 1. The molecule has 7 nitrogen and oxygen atoms in total. The SMILES string of the molecule is CCNS(=O)(=O)c1ccc(C)c(C(=O)NCC2CNCC2O)c1.Cl. The molecule has 0 spiro atoms. The molecule has 1 fully saturated rings. The van der Waals surface area contributed by atoms with Gasteiger partial charge >= 0.3 is 0 Å². The molecule has 2 rings (SSSR count). The van der Waals surface area contributed by atoms with Crippen molar-refractivity contribution in [3.8, 4) is 0 Å². The summed E-state index contributed by atoms with van der Waals surface area (Å²) in [5.74, 6) is -0.372. The molecule has 0 radical (unpaired) electrons. The molecule has 2 atom stereocenters. The lowest BCUT2D eigenvalue weighted by atomic mass is 10.1. The van der Waals surface area contributed by atoms with Crippen molar-refractivity contribution in [3.63, 3.8) is 0 Å². The van der Waals surface area contributed by atoms with E-state index in [0.29, 0.717) is 30.8 Å². The highest BCUT2D eigenvalue weighted by Gasteiger charge is 2.25. The van der Waals surface area contributed by atoms with Crippen LogP contribution in [-0.4, -0.2) is 51.7 Å². The van der Waals surface area contributed by atoms with Crippen LogP contribution in [0.4, 0.5) is 0 Å². The minimum Gasteiger partial charge on any atom is -0.391 e. The Labute approximate surface area is 148 Å². The van der Waals surface area contributed by atoms with Gasteiger partial charge in [-0.2, -0.15) is 0 Å². The van der Waals surface area contributed by atoms with Crippen LogP contribution >= 0.6 is 12.4 Å². The first-order chi connectivity index (χ1) is 10.8. The van der Waals surface area contributed by atoms with E-state index in [1.807, 2.05) is 0 Å². The van der Waals surface area contributed by atoms with Gasteiger partial charge in [0, 0.05) is 37.7 Å². The zero-order chi connectivity index (χ0) is 17.0. The highest BCUT2D eigenvalue weighted by atomic mass is 35.5. The number of hydrogen-bond donors (Lipinski definition) is 4. The van der Waals surface area contributed by atoms with Crippen LogP contribution in [0, 0.1) is 12.8 Å².